The maximum atomic E-state index is 10.2. The summed E-state index contributed by atoms with van der Waals surface area (Å²) >= 11 is -3.19. The monoisotopic (exact) mass is 290 g/mol. The molecule has 0 rings (SSSR count). The van der Waals surface area contributed by atoms with E-state index in [0.717, 1.165) is 0 Å². The van der Waals surface area contributed by atoms with Crippen LogP contribution < -0.4 is 59.1 Å². The molecule has 0 aromatic heterocycles. The topological polar surface area (TPSA) is 151 Å². The molecule has 0 aliphatic heterocycles. The minimum Gasteiger partial charge on any atom is -1.00 e. The van der Waals surface area contributed by atoms with Crippen LogP contribution in [0.3, 0.4) is 0 Å². The summed E-state index contributed by atoms with van der Waals surface area (Å²) < 4.78 is 36.4. The quantitative estimate of drug-likeness (QED) is 0.292. The first-order valence-electron chi connectivity index (χ1n) is 2.03. The summed E-state index contributed by atoms with van der Waals surface area (Å²) in [4.78, 5) is 31.8. The van der Waals surface area contributed by atoms with Gasteiger partial charge in [0.2, 0.25) is 0 Å². The second-order valence-electron chi connectivity index (χ2n) is 1.33. The molecule has 0 bridgehead atoms. The van der Waals surface area contributed by atoms with Gasteiger partial charge in [-0.25, -0.2) is 9.13 Å². The third-order valence-corrected chi connectivity index (χ3v) is 2.84. The molecule has 0 radical (unpaired) electrons. The molecule has 14 heteroatoms. The third kappa shape index (κ3) is 16.8. The zero-order chi connectivity index (χ0) is 9.99. The third-order valence-electron chi connectivity index (χ3n) is 0.316. The molecule has 9 nitrogen and oxygen atoms in total. The first kappa shape index (κ1) is 21.6. The molecule has 0 saturated carbocycles. The molecular weight excluding hydrogens is 284 g/mol. The summed E-state index contributed by atoms with van der Waals surface area (Å²) in [7, 11) is -10.2. The Bertz CT molecular complexity index is 245. The van der Waals surface area contributed by atoms with Gasteiger partial charge >= 0.3 is 86.1 Å². The Kier molecular flexibility index (Phi) is 13.1. The van der Waals surface area contributed by atoms with Crippen molar-refractivity contribution in [1.29, 1.82) is 0 Å². The molecule has 4 N–H and O–H groups in total. The van der Waals surface area contributed by atoms with Crippen molar-refractivity contribution in [3.63, 3.8) is 0 Å². The Balaban J connectivity index is -0.000000101. The van der Waals surface area contributed by atoms with Crippen molar-refractivity contribution >= 4 is 27.0 Å². The van der Waals surface area contributed by atoms with Gasteiger partial charge in [-0.05, 0) is 0 Å². The van der Waals surface area contributed by atoms with Gasteiger partial charge in [0, 0.05) is 0 Å². The van der Waals surface area contributed by atoms with Crippen molar-refractivity contribution in [1.82, 2.24) is 0 Å². The zero-order valence-corrected chi connectivity index (χ0v) is 13.7. The summed E-state index contributed by atoms with van der Waals surface area (Å²) in [5.41, 5.74) is 0. The molecule has 0 heterocycles. The van der Waals surface area contributed by atoms with Gasteiger partial charge in [0.1, 0.15) is 0 Å². The van der Waals surface area contributed by atoms with Crippen molar-refractivity contribution < 1.29 is 103 Å². The van der Waals surface area contributed by atoms with Crippen LogP contribution in [-0.4, -0.2) is 23.8 Å². The van der Waals surface area contributed by atoms with E-state index in [-0.39, 0.29) is 62.0 Å². The minimum atomic E-state index is -5.08. The van der Waals surface area contributed by atoms with Crippen LogP contribution in [0.4, 0.5) is 0 Å². The minimum absolute atomic E-state index is 0. The summed E-state index contributed by atoms with van der Waals surface area (Å²) in [6.45, 7) is 0. The number of phosphoric acid groups is 2. The van der Waals surface area contributed by atoms with E-state index < -0.39 is 27.0 Å². The molecule has 14 heavy (non-hydrogen) atoms. The van der Waals surface area contributed by atoms with Gasteiger partial charge in [0.15, 0.2) is 0 Å². The molecule has 0 atom stereocenters. The van der Waals surface area contributed by atoms with E-state index in [1.807, 2.05) is 0 Å². The van der Waals surface area contributed by atoms with Crippen LogP contribution in [0.5, 0.6) is 0 Å². The van der Waals surface area contributed by atoms with Crippen LogP contribution in [0.2, 0.25) is 0 Å². The Labute approximate surface area is 128 Å². The summed E-state index contributed by atoms with van der Waals surface area (Å²) in [5.74, 6) is 0. The molecule has 0 fully saturated rings. The first-order chi connectivity index (χ1) is 5.10. The van der Waals surface area contributed by atoms with Crippen molar-refractivity contribution in [2.24, 2.45) is 0 Å². The number of hydrogen-bond acceptors (Lipinski definition) is 5. The normalized spacial score (nSPS) is 11.8. The predicted molar refractivity (Wildman–Crippen MR) is 36.6 cm³/mol. The van der Waals surface area contributed by atoms with Crippen molar-refractivity contribution in [2.75, 3.05) is 0 Å². The van der Waals surface area contributed by atoms with Gasteiger partial charge in [-0.15, -0.1) is 0 Å². The second-order valence-corrected chi connectivity index (χ2v) is 4.90. The standard InChI is InChI=1S/2Na.H4O9P2S.2H/c;;1-10(2,3)8-12(7)9-11(4,5)6;;/h;;(H2,1,2,3)(H2,4,5,6);;/q2*+1;;2*-1. The summed E-state index contributed by atoms with van der Waals surface area (Å²) in [6, 6.07) is 0. The molecule has 0 unspecified atom stereocenters. The molecule has 0 aliphatic carbocycles. The van der Waals surface area contributed by atoms with Crippen molar-refractivity contribution in [2.45, 2.75) is 0 Å². The maximum absolute atomic E-state index is 10.2. The molecule has 0 aromatic carbocycles. The van der Waals surface area contributed by atoms with Gasteiger partial charge in [-0.1, -0.05) is 0 Å². The van der Waals surface area contributed by atoms with Crippen LogP contribution in [-0.2, 0) is 28.4 Å². The maximum Gasteiger partial charge on any atom is 1.00 e. The predicted octanol–water partition coefficient (Wildman–Crippen LogP) is -6.98. The molecule has 0 amide bonds. The molecule has 0 aromatic rings. The molecular formula is H6Na2O9P2S. The van der Waals surface area contributed by atoms with E-state index in [0.29, 0.717) is 0 Å². The fraction of sp³-hybridized carbons (Fsp3) is 0. The van der Waals surface area contributed by atoms with Crippen molar-refractivity contribution in [3.8, 4) is 0 Å². The van der Waals surface area contributed by atoms with E-state index in [1.165, 1.54) is 0 Å². The Morgan fingerprint density at radius 3 is 1.29 bits per heavy atom. The molecule has 0 aliphatic rings. The second kappa shape index (κ2) is 8.46. The first-order valence-corrected chi connectivity index (χ1v) is 6.09. The Morgan fingerprint density at radius 2 is 1.14 bits per heavy atom. The van der Waals surface area contributed by atoms with Crippen LogP contribution >= 0.6 is 15.6 Å². The molecule has 0 saturated heterocycles. The summed E-state index contributed by atoms with van der Waals surface area (Å²) in [5, 5.41) is 0. The Hall–Kier alpha value is 2.37. The van der Waals surface area contributed by atoms with E-state index in [2.05, 4.69) is 7.94 Å². The van der Waals surface area contributed by atoms with E-state index in [9.17, 15) is 13.3 Å². The van der Waals surface area contributed by atoms with Gasteiger partial charge in [-0.2, -0.15) is 12.1 Å². The average Bonchev–Trinajstić information content (AvgIpc) is 1.49. The average molecular weight is 290 g/mol. The fourth-order valence-electron chi connectivity index (χ4n) is 0.172. The Morgan fingerprint density at radius 1 is 0.929 bits per heavy atom. The van der Waals surface area contributed by atoms with Gasteiger partial charge in [0.25, 0.3) is 0 Å². The van der Waals surface area contributed by atoms with E-state index in [1.54, 1.807) is 0 Å². The number of hydrogen-bond donors (Lipinski definition) is 4. The van der Waals surface area contributed by atoms with E-state index in [4.69, 9.17) is 19.6 Å². The van der Waals surface area contributed by atoms with Gasteiger partial charge in [0.05, 0.1) is 0 Å². The molecule has 78 valence electrons. The van der Waals surface area contributed by atoms with Crippen LogP contribution in [0, 0.1) is 0 Å². The molecule has 0 spiro atoms. The smallest absolute Gasteiger partial charge is 1.00 e. The number of rotatable bonds is 4. The fourth-order valence-corrected chi connectivity index (χ4v) is 1.79. The van der Waals surface area contributed by atoms with Crippen LogP contribution in [0.15, 0.2) is 0 Å². The zero-order valence-electron chi connectivity index (χ0n) is 9.13. The van der Waals surface area contributed by atoms with Crippen LogP contribution in [0.1, 0.15) is 2.85 Å². The van der Waals surface area contributed by atoms with Crippen molar-refractivity contribution in [3.05, 3.63) is 0 Å². The summed E-state index contributed by atoms with van der Waals surface area (Å²) in [6.07, 6.45) is 0. The van der Waals surface area contributed by atoms with Gasteiger partial charge in [-0.3, -0.25) is 0 Å². The van der Waals surface area contributed by atoms with Crippen LogP contribution in [0.25, 0.3) is 0 Å². The SMILES string of the molecule is O=S(OP(=O)(O)O)OP(=O)(O)O.[H-].[H-].[Na+].[Na+]. The van der Waals surface area contributed by atoms with E-state index >= 15 is 0 Å². The largest absolute Gasteiger partial charge is 1.00 e. The van der Waals surface area contributed by atoms with Gasteiger partial charge < -0.3 is 22.4 Å².